The number of benzene rings is 4. The largest absolute Gasteiger partial charge is 2.00 e. The molecule has 0 saturated heterocycles. The summed E-state index contributed by atoms with van der Waals surface area (Å²) < 4.78 is 0. The normalized spacial score (nSPS) is 9.75. The van der Waals surface area contributed by atoms with Gasteiger partial charge in [0.25, 0.3) is 0 Å². The van der Waals surface area contributed by atoms with Crippen LogP contribution in [0.15, 0.2) is 128 Å². The van der Waals surface area contributed by atoms with Crippen LogP contribution in [0, 0.1) is 12.1 Å². The fourth-order valence-electron chi connectivity index (χ4n) is 3.07. The maximum Gasteiger partial charge on any atom is 2.00 e. The molecule has 32 heavy (non-hydrogen) atoms. The number of pyridine rings is 1. The third-order valence-electron chi connectivity index (χ3n) is 4.57. The second-order valence-corrected chi connectivity index (χ2v) is 8.23. The van der Waals surface area contributed by atoms with E-state index in [0.717, 1.165) is 31.0 Å². The molecule has 0 fully saturated rings. The van der Waals surface area contributed by atoms with Gasteiger partial charge in [-0.1, -0.05) is 81.4 Å². The molecule has 1 aromatic heterocycles. The standard InChI is InChI=1S/C17H11N.C12H11P.Ni/c1-2-7-14(8-3-1)15-9-6-10-16(13-15)17-11-4-5-12-18-17;1-3-7-11(8-4-1)13-12-9-5-2-6-10-12;/h1-7,9-12H;1-10,13H;/q-2;;+2. The summed E-state index contributed by atoms with van der Waals surface area (Å²) in [5.41, 5.74) is 4.04. The van der Waals surface area contributed by atoms with E-state index in [1.165, 1.54) is 10.6 Å². The Balaban J connectivity index is 0.000000184. The molecule has 0 aliphatic carbocycles. The van der Waals surface area contributed by atoms with Gasteiger partial charge in [-0.25, -0.2) is 5.56 Å². The quantitative estimate of drug-likeness (QED) is 0.169. The first-order valence-corrected chi connectivity index (χ1v) is 11.2. The van der Waals surface area contributed by atoms with E-state index in [1.54, 1.807) is 6.20 Å². The predicted octanol–water partition coefficient (Wildman–Crippen LogP) is 6.33. The molecule has 3 heteroatoms. The van der Waals surface area contributed by atoms with Gasteiger partial charge in [-0.2, -0.15) is 42.0 Å². The van der Waals surface area contributed by atoms with Crippen LogP contribution < -0.4 is 10.6 Å². The molecular formula is C29H22NNiP. The van der Waals surface area contributed by atoms with E-state index in [1.807, 2.05) is 60.7 Å². The van der Waals surface area contributed by atoms with Crippen molar-refractivity contribution < 1.29 is 16.5 Å². The van der Waals surface area contributed by atoms with Gasteiger partial charge >= 0.3 is 16.5 Å². The molecule has 0 saturated carbocycles. The van der Waals surface area contributed by atoms with Gasteiger partial charge in [0.2, 0.25) is 0 Å². The Labute approximate surface area is 202 Å². The zero-order chi connectivity index (χ0) is 21.1. The van der Waals surface area contributed by atoms with Crippen LogP contribution in [-0.2, 0) is 16.5 Å². The van der Waals surface area contributed by atoms with Crippen LogP contribution in [0.4, 0.5) is 0 Å². The number of hydrogen-bond donors (Lipinski definition) is 0. The fraction of sp³-hybridized carbons (Fsp3) is 0. The molecule has 0 aliphatic rings. The molecule has 0 unspecified atom stereocenters. The summed E-state index contributed by atoms with van der Waals surface area (Å²) in [6.45, 7) is 0. The SMILES string of the molecule is [Ni+2].[c-]1ccccc1-c1[c-]c(-c2ccccn2)ccc1.c1ccc(Pc2ccccc2)cc1. The fourth-order valence-corrected chi connectivity index (χ4v) is 4.12. The minimum absolute atomic E-state index is 0. The van der Waals surface area contributed by atoms with Crippen molar-refractivity contribution in [3.8, 4) is 22.4 Å². The van der Waals surface area contributed by atoms with E-state index in [4.69, 9.17) is 0 Å². The first kappa shape index (κ1) is 23.6. The maximum atomic E-state index is 4.34. The summed E-state index contributed by atoms with van der Waals surface area (Å²) in [7, 11) is 0.777. The van der Waals surface area contributed by atoms with Crippen molar-refractivity contribution >= 4 is 19.2 Å². The molecule has 1 nitrogen and oxygen atoms in total. The number of nitrogens with zero attached hydrogens (tertiary/aromatic N) is 1. The van der Waals surface area contributed by atoms with Gasteiger partial charge in [-0.05, 0) is 16.7 Å². The molecule has 0 radical (unpaired) electrons. The molecule has 5 aromatic rings. The Bertz CT molecular complexity index is 1090. The Hall–Kier alpha value is -3.05. The van der Waals surface area contributed by atoms with Crippen molar-refractivity contribution in [2.45, 2.75) is 0 Å². The van der Waals surface area contributed by atoms with Crippen molar-refractivity contribution in [2.75, 3.05) is 0 Å². The van der Waals surface area contributed by atoms with Gasteiger partial charge in [0, 0.05) is 11.9 Å². The summed E-state index contributed by atoms with van der Waals surface area (Å²) in [5.74, 6) is 0. The molecular weight excluding hydrogens is 452 g/mol. The predicted molar refractivity (Wildman–Crippen MR) is 133 cm³/mol. The number of hydrogen-bond acceptors (Lipinski definition) is 1. The molecule has 0 N–H and O–H groups in total. The van der Waals surface area contributed by atoms with Crippen LogP contribution in [-0.4, -0.2) is 4.98 Å². The van der Waals surface area contributed by atoms with Crippen molar-refractivity contribution in [1.82, 2.24) is 4.98 Å². The van der Waals surface area contributed by atoms with Crippen LogP contribution in [0.5, 0.6) is 0 Å². The van der Waals surface area contributed by atoms with E-state index in [9.17, 15) is 0 Å². The molecule has 158 valence electrons. The molecule has 5 rings (SSSR count). The van der Waals surface area contributed by atoms with Crippen LogP contribution in [0.2, 0.25) is 0 Å². The van der Waals surface area contributed by atoms with Gasteiger partial charge in [0.1, 0.15) is 0 Å². The summed E-state index contributed by atoms with van der Waals surface area (Å²) in [5, 5.41) is 2.79. The number of aromatic nitrogens is 1. The second-order valence-electron chi connectivity index (χ2n) is 6.83. The van der Waals surface area contributed by atoms with Crippen LogP contribution >= 0.6 is 8.58 Å². The smallest absolute Gasteiger partial charge is 0.295 e. The Morgan fingerprint density at radius 1 is 0.531 bits per heavy atom. The number of rotatable bonds is 4. The molecule has 0 spiro atoms. The third kappa shape index (κ3) is 6.99. The maximum absolute atomic E-state index is 4.34. The zero-order valence-electron chi connectivity index (χ0n) is 17.4. The summed E-state index contributed by atoms with van der Waals surface area (Å²) >= 11 is 0. The molecule has 0 amide bonds. The van der Waals surface area contributed by atoms with Crippen LogP contribution in [0.25, 0.3) is 22.4 Å². The first-order chi connectivity index (χ1) is 15.4. The zero-order valence-corrected chi connectivity index (χ0v) is 19.4. The van der Waals surface area contributed by atoms with Gasteiger partial charge < -0.3 is 0 Å². The molecule has 0 aliphatic heterocycles. The Morgan fingerprint density at radius 3 is 1.72 bits per heavy atom. The van der Waals surface area contributed by atoms with E-state index in [2.05, 4.69) is 77.8 Å². The van der Waals surface area contributed by atoms with E-state index >= 15 is 0 Å². The van der Waals surface area contributed by atoms with Crippen LogP contribution in [0.1, 0.15) is 0 Å². The monoisotopic (exact) mass is 473 g/mol. The van der Waals surface area contributed by atoms with Crippen molar-refractivity contribution in [2.24, 2.45) is 0 Å². The van der Waals surface area contributed by atoms with E-state index in [0.29, 0.717) is 0 Å². The Morgan fingerprint density at radius 2 is 1.12 bits per heavy atom. The van der Waals surface area contributed by atoms with Gasteiger partial charge in [0.15, 0.2) is 0 Å². The molecule has 0 atom stereocenters. The van der Waals surface area contributed by atoms with E-state index < -0.39 is 0 Å². The summed E-state index contributed by atoms with van der Waals surface area (Å²) in [6, 6.07) is 47.6. The van der Waals surface area contributed by atoms with Crippen molar-refractivity contribution in [3.05, 3.63) is 140 Å². The second kappa shape index (κ2) is 12.7. The van der Waals surface area contributed by atoms with E-state index in [-0.39, 0.29) is 16.5 Å². The Kier molecular flexibility index (Phi) is 9.39. The van der Waals surface area contributed by atoms with Gasteiger partial charge in [-0.3, -0.25) is 4.98 Å². The topological polar surface area (TPSA) is 12.9 Å². The van der Waals surface area contributed by atoms with Crippen molar-refractivity contribution in [3.63, 3.8) is 0 Å². The average molecular weight is 474 g/mol. The summed E-state index contributed by atoms with van der Waals surface area (Å²) in [4.78, 5) is 4.34. The third-order valence-corrected chi connectivity index (χ3v) is 5.82. The first-order valence-electron chi connectivity index (χ1n) is 10.2. The average Bonchev–Trinajstić information content (AvgIpc) is 2.87. The van der Waals surface area contributed by atoms with Crippen LogP contribution in [0.3, 0.4) is 0 Å². The van der Waals surface area contributed by atoms with Gasteiger partial charge in [-0.15, -0.1) is 23.8 Å². The minimum Gasteiger partial charge on any atom is -0.295 e. The molecule has 0 bridgehead atoms. The summed E-state index contributed by atoms with van der Waals surface area (Å²) in [6.07, 6.45) is 1.80. The minimum atomic E-state index is 0. The molecule has 1 heterocycles. The molecule has 4 aromatic carbocycles. The van der Waals surface area contributed by atoms with Crippen molar-refractivity contribution in [1.29, 1.82) is 0 Å². The van der Waals surface area contributed by atoms with Gasteiger partial charge in [0.05, 0.1) is 0 Å².